The summed E-state index contributed by atoms with van der Waals surface area (Å²) in [6, 6.07) is 0. The molecule has 20 heavy (non-hydrogen) atoms. The molecule has 0 aromatic heterocycles. The Bertz CT molecular complexity index is 326. The van der Waals surface area contributed by atoms with Gasteiger partial charge in [0.25, 0.3) is 0 Å². The van der Waals surface area contributed by atoms with Crippen LogP contribution in [0.5, 0.6) is 0 Å². The molecular formula is C16H29NO2S. The fraction of sp³-hybridized carbons (Fsp3) is 0.938. The van der Waals surface area contributed by atoms with Crippen LogP contribution >= 0.6 is 11.8 Å². The molecule has 3 nitrogen and oxygen atoms in total. The van der Waals surface area contributed by atoms with Crippen LogP contribution in [0.25, 0.3) is 0 Å². The van der Waals surface area contributed by atoms with E-state index in [4.69, 9.17) is 4.74 Å². The summed E-state index contributed by atoms with van der Waals surface area (Å²) >= 11 is 1.98. The molecule has 0 radical (unpaired) electrons. The van der Waals surface area contributed by atoms with Gasteiger partial charge in [-0.1, -0.05) is 6.42 Å². The molecule has 2 aliphatic heterocycles. The smallest absolute Gasteiger partial charge is 0.311 e. The summed E-state index contributed by atoms with van der Waals surface area (Å²) < 4.78 is 6.05. The van der Waals surface area contributed by atoms with Crippen LogP contribution in [-0.2, 0) is 9.53 Å². The van der Waals surface area contributed by atoms with Gasteiger partial charge in [-0.15, -0.1) is 0 Å². The van der Waals surface area contributed by atoms with Gasteiger partial charge in [0.1, 0.15) is 5.60 Å². The lowest BCUT2D eigenvalue weighted by atomic mass is 9.92. The minimum absolute atomic E-state index is 0.0404. The van der Waals surface area contributed by atoms with Gasteiger partial charge in [0, 0.05) is 6.54 Å². The zero-order valence-electron chi connectivity index (χ0n) is 13.2. The monoisotopic (exact) mass is 299 g/mol. The highest BCUT2D eigenvalue weighted by Gasteiger charge is 2.40. The molecule has 116 valence electrons. The molecule has 2 fully saturated rings. The highest BCUT2D eigenvalue weighted by Crippen LogP contribution is 2.34. The minimum atomic E-state index is -0.403. The maximum absolute atomic E-state index is 12.3. The molecule has 0 aliphatic carbocycles. The number of likely N-dealkylation sites (tertiary alicyclic amines) is 1. The second-order valence-corrected chi connectivity index (χ2v) is 8.50. The van der Waals surface area contributed by atoms with Crippen LogP contribution in [0.1, 0.15) is 52.9 Å². The lowest BCUT2D eigenvalue weighted by Crippen LogP contribution is -2.51. The molecule has 0 saturated carbocycles. The SMILES string of the molecule is CC(C)(C)C(=O)OC1(CN2CCCCC2)CCSCC1. The van der Waals surface area contributed by atoms with Crippen LogP contribution in [-0.4, -0.2) is 47.6 Å². The number of piperidine rings is 1. The first-order valence-corrected chi connectivity index (χ1v) is 9.10. The van der Waals surface area contributed by atoms with E-state index in [-0.39, 0.29) is 11.6 Å². The van der Waals surface area contributed by atoms with Crippen molar-refractivity contribution in [3.8, 4) is 0 Å². The number of carbonyl (C=O) groups is 1. The highest BCUT2D eigenvalue weighted by atomic mass is 32.2. The molecule has 0 aromatic carbocycles. The average Bonchev–Trinajstić information content (AvgIpc) is 2.39. The molecule has 0 aromatic rings. The number of carbonyl (C=O) groups excluding carboxylic acids is 1. The van der Waals surface area contributed by atoms with Gasteiger partial charge < -0.3 is 4.74 Å². The maximum Gasteiger partial charge on any atom is 0.311 e. The third kappa shape index (κ3) is 4.39. The summed E-state index contributed by atoms with van der Waals surface area (Å²) in [4.78, 5) is 14.8. The number of rotatable bonds is 3. The van der Waals surface area contributed by atoms with Gasteiger partial charge in [-0.3, -0.25) is 9.69 Å². The summed E-state index contributed by atoms with van der Waals surface area (Å²) in [5.41, 5.74) is -0.632. The van der Waals surface area contributed by atoms with Gasteiger partial charge in [-0.25, -0.2) is 0 Å². The third-order valence-corrected chi connectivity index (χ3v) is 5.27. The molecule has 2 rings (SSSR count). The lowest BCUT2D eigenvalue weighted by molar-refractivity contribution is -0.173. The number of thioether (sulfide) groups is 1. The number of nitrogens with zero attached hydrogens (tertiary/aromatic N) is 1. The molecule has 0 amide bonds. The molecule has 0 atom stereocenters. The van der Waals surface area contributed by atoms with Gasteiger partial charge in [0.05, 0.1) is 5.41 Å². The summed E-state index contributed by atoms with van der Waals surface area (Å²) in [5, 5.41) is 0. The standard InChI is InChI=1S/C16H29NO2S/c1-15(2,3)14(18)19-16(7-11-20-12-8-16)13-17-9-5-4-6-10-17/h4-13H2,1-3H3. The first-order chi connectivity index (χ1) is 9.41. The average molecular weight is 299 g/mol. The second kappa shape index (κ2) is 6.69. The maximum atomic E-state index is 12.3. The topological polar surface area (TPSA) is 29.5 Å². The molecule has 4 heteroatoms. The van der Waals surface area contributed by atoms with E-state index in [1.54, 1.807) is 0 Å². The van der Waals surface area contributed by atoms with E-state index >= 15 is 0 Å². The largest absolute Gasteiger partial charge is 0.457 e. The van der Waals surface area contributed by atoms with Crippen molar-refractivity contribution in [2.24, 2.45) is 5.41 Å². The van der Waals surface area contributed by atoms with Crippen molar-refractivity contribution in [3.05, 3.63) is 0 Å². The van der Waals surface area contributed by atoms with Crippen molar-refractivity contribution < 1.29 is 9.53 Å². The summed E-state index contributed by atoms with van der Waals surface area (Å²) in [5.74, 6) is 2.19. The fourth-order valence-electron chi connectivity index (χ4n) is 2.91. The van der Waals surface area contributed by atoms with E-state index in [1.165, 1.54) is 32.4 Å². The van der Waals surface area contributed by atoms with Crippen molar-refractivity contribution in [1.82, 2.24) is 4.90 Å². The van der Waals surface area contributed by atoms with Crippen molar-refractivity contribution in [3.63, 3.8) is 0 Å². The van der Waals surface area contributed by atoms with Crippen molar-refractivity contribution in [1.29, 1.82) is 0 Å². The van der Waals surface area contributed by atoms with Crippen LogP contribution < -0.4 is 0 Å². The molecule has 0 unspecified atom stereocenters. The highest BCUT2D eigenvalue weighted by molar-refractivity contribution is 7.99. The number of ether oxygens (including phenoxy) is 1. The molecule has 2 saturated heterocycles. The van der Waals surface area contributed by atoms with E-state index in [1.807, 2.05) is 32.5 Å². The predicted molar refractivity (Wildman–Crippen MR) is 85.1 cm³/mol. The van der Waals surface area contributed by atoms with Crippen LogP contribution in [0.3, 0.4) is 0 Å². The van der Waals surface area contributed by atoms with Gasteiger partial charge in [0.2, 0.25) is 0 Å². The van der Waals surface area contributed by atoms with Gasteiger partial charge in [-0.05, 0) is 71.0 Å². The molecule has 2 heterocycles. The Morgan fingerprint density at radius 3 is 2.30 bits per heavy atom. The number of esters is 1. The number of hydrogen-bond donors (Lipinski definition) is 0. The van der Waals surface area contributed by atoms with Crippen molar-refractivity contribution in [2.45, 2.75) is 58.5 Å². The summed E-state index contributed by atoms with van der Waals surface area (Å²) in [6.07, 6.45) is 5.95. The molecule has 2 aliphatic rings. The van der Waals surface area contributed by atoms with Crippen LogP contribution in [0.2, 0.25) is 0 Å². The molecule has 0 bridgehead atoms. The molecular weight excluding hydrogens is 270 g/mol. The normalized spacial score (nSPS) is 24.4. The summed E-state index contributed by atoms with van der Waals surface area (Å²) in [6.45, 7) is 9.11. The predicted octanol–water partition coefficient (Wildman–Crippen LogP) is 3.33. The Kier molecular flexibility index (Phi) is 5.41. The summed E-state index contributed by atoms with van der Waals surface area (Å²) in [7, 11) is 0. The van der Waals surface area contributed by atoms with E-state index in [0.717, 1.165) is 30.9 Å². The third-order valence-electron chi connectivity index (χ3n) is 4.29. The van der Waals surface area contributed by atoms with E-state index in [0.29, 0.717) is 0 Å². The molecule has 0 N–H and O–H groups in total. The van der Waals surface area contributed by atoms with E-state index in [2.05, 4.69) is 4.90 Å². The van der Waals surface area contributed by atoms with E-state index in [9.17, 15) is 4.79 Å². The van der Waals surface area contributed by atoms with Crippen molar-refractivity contribution >= 4 is 17.7 Å². The Morgan fingerprint density at radius 1 is 1.15 bits per heavy atom. The van der Waals surface area contributed by atoms with Crippen LogP contribution in [0.4, 0.5) is 0 Å². The zero-order valence-corrected chi connectivity index (χ0v) is 14.1. The minimum Gasteiger partial charge on any atom is -0.457 e. The Hall–Kier alpha value is -0.220. The van der Waals surface area contributed by atoms with Crippen LogP contribution in [0.15, 0.2) is 0 Å². The molecule has 0 spiro atoms. The Morgan fingerprint density at radius 2 is 1.75 bits per heavy atom. The number of hydrogen-bond acceptors (Lipinski definition) is 4. The van der Waals surface area contributed by atoms with Gasteiger partial charge >= 0.3 is 5.97 Å². The zero-order chi connectivity index (χ0) is 14.6. The fourth-order valence-corrected chi connectivity index (χ4v) is 4.15. The first kappa shape index (κ1) is 16.2. The lowest BCUT2D eigenvalue weighted by Gasteiger charge is -2.42. The second-order valence-electron chi connectivity index (χ2n) is 7.27. The Balaban J connectivity index is 2.02. The van der Waals surface area contributed by atoms with Gasteiger partial charge in [0.15, 0.2) is 0 Å². The van der Waals surface area contributed by atoms with Crippen LogP contribution in [0, 0.1) is 5.41 Å². The first-order valence-electron chi connectivity index (χ1n) is 7.95. The van der Waals surface area contributed by atoms with E-state index < -0.39 is 5.41 Å². The van der Waals surface area contributed by atoms with Gasteiger partial charge in [-0.2, -0.15) is 11.8 Å². The quantitative estimate of drug-likeness (QED) is 0.748. The Labute approximate surface area is 127 Å². The van der Waals surface area contributed by atoms with Crippen molar-refractivity contribution in [2.75, 3.05) is 31.1 Å².